The number of amides is 1. The molecule has 4 rings (SSSR count). The molecule has 148 valence electrons. The molecule has 3 aromatic rings. The first-order valence-electron chi connectivity index (χ1n) is 9.68. The fourth-order valence-corrected chi connectivity index (χ4v) is 3.59. The second kappa shape index (κ2) is 9.11. The van der Waals surface area contributed by atoms with Crippen molar-refractivity contribution in [1.82, 2.24) is 25.2 Å². The molecule has 0 unspecified atom stereocenters. The molecule has 1 aliphatic rings. The Morgan fingerprint density at radius 2 is 1.76 bits per heavy atom. The van der Waals surface area contributed by atoms with E-state index in [9.17, 15) is 4.79 Å². The van der Waals surface area contributed by atoms with Gasteiger partial charge in [-0.1, -0.05) is 11.6 Å². The number of likely N-dealkylation sites (tertiary alicyclic amines) is 1. The highest BCUT2D eigenvalue weighted by Crippen LogP contribution is 2.18. The number of pyridine rings is 1. The largest absolute Gasteiger partial charge is 0.348 e. The molecule has 1 aliphatic heterocycles. The number of hydrogen-bond donors (Lipinski definition) is 1. The highest BCUT2D eigenvalue weighted by molar-refractivity contribution is 6.30. The second-order valence-electron chi connectivity index (χ2n) is 7.15. The SMILES string of the molecule is O=C(NC1CCN(Cc2ccncc2)CC1)c1ccnc(-c2ccc(Cl)cc2)n1. The average molecular weight is 408 g/mol. The van der Waals surface area contributed by atoms with Gasteiger partial charge in [0.1, 0.15) is 5.69 Å². The van der Waals surface area contributed by atoms with Gasteiger partial charge in [0, 0.05) is 54.9 Å². The van der Waals surface area contributed by atoms with E-state index in [2.05, 4.69) is 25.2 Å². The summed E-state index contributed by atoms with van der Waals surface area (Å²) in [6.07, 6.45) is 7.10. The van der Waals surface area contributed by atoms with Crippen molar-refractivity contribution in [2.45, 2.75) is 25.4 Å². The van der Waals surface area contributed by atoms with Crippen molar-refractivity contribution >= 4 is 17.5 Å². The minimum Gasteiger partial charge on any atom is -0.348 e. The zero-order chi connectivity index (χ0) is 20.1. The van der Waals surface area contributed by atoms with E-state index in [1.54, 1.807) is 24.4 Å². The van der Waals surface area contributed by atoms with E-state index >= 15 is 0 Å². The lowest BCUT2D eigenvalue weighted by Crippen LogP contribution is -2.44. The van der Waals surface area contributed by atoms with Gasteiger partial charge in [0.05, 0.1) is 0 Å². The van der Waals surface area contributed by atoms with Crippen molar-refractivity contribution in [2.75, 3.05) is 13.1 Å². The van der Waals surface area contributed by atoms with Crippen LogP contribution in [0.1, 0.15) is 28.9 Å². The van der Waals surface area contributed by atoms with Crippen molar-refractivity contribution in [2.24, 2.45) is 0 Å². The van der Waals surface area contributed by atoms with E-state index in [0.717, 1.165) is 38.0 Å². The minimum absolute atomic E-state index is 0.157. The summed E-state index contributed by atoms with van der Waals surface area (Å²) < 4.78 is 0. The van der Waals surface area contributed by atoms with Crippen molar-refractivity contribution < 1.29 is 4.79 Å². The molecule has 0 atom stereocenters. The first kappa shape index (κ1) is 19.5. The Hall–Kier alpha value is -2.83. The van der Waals surface area contributed by atoms with Gasteiger partial charge in [0.25, 0.3) is 5.91 Å². The van der Waals surface area contributed by atoms with E-state index < -0.39 is 0 Å². The van der Waals surface area contributed by atoms with Gasteiger partial charge in [0.15, 0.2) is 5.82 Å². The molecule has 29 heavy (non-hydrogen) atoms. The van der Waals surface area contributed by atoms with Gasteiger partial charge < -0.3 is 5.32 Å². The Kier molecular flexibility index (Phi) is 6.12. The van der Waals surface area contributed by atoms with Crippen LogP contribution >= 0.6 is 11.6 Å². The zero-order valence-corrected chi connectivity index (χ0v) is 16.7. The Balaban J connectivity index is 1.33. The molecule has 1 fully saturated rings. The van der Waals surface area contributed by atoms with Crippen molar-refractivity contribution in [3.05, 3.63) is 77.3 Å². The lowest BCUT2D eigenvalue weighted by molar-refractivity contribution is 0.0904. The van der Waals surface area contributed by atoms with Crippen LogP contribution in [0.4, 0.5) is 0 Å². The van der Waals surface area contributed by atoms with Crippen LogP contribution in [-0.2, 0) is 6.54 Å². The van der Waals surface area contributed by atoms with Crippen LogP contribution in [0.25, 0.3) is 11.4 Å². The molecule has 7 heteroatoms. The highest BCUT2D eigenvalue weighted by atomic mass is 35.5. The summed E-state index contributed by atoms with van der Waals surface area (Å²) in [7, 11) is 0. The Morgan fingerprint density at radius 1 is 1.03 bits per heavy atom. The molecule has 1 N–H and O–H groups in total. The molecule has 1 saturated heterocycles. The van der Waals surface area contributed by atoms with Crippen LogP contribution < -0.4 is 5.32 Å². The van der Waals surface area contributed by atoms with Gasteiger partial charge in [-0.2, -0.15) is 0 Å². The number of carbonyl (C=O) groups excluding carboxylic acids is 1. The molecule has 2 aromatic heterocycles. The summed E-state index contributed by atoms with van der Waals surface area (Å²) in [5.41, 5.74) is 2.47. The predicted molar refractivity (Wildman–Crippen MR) is 112 cm³/mol. The number of nitrogens with one attached hydrogen (secondary N) is 1. The van der Waals surface area contributed by atoms with Crippen molar-refractivity contribution in [3.63, 3.8) is 0 Å². The standard InChI is InChI=1S/C22H22ClN5O/c23-18-3-1-17(2-4-18)21-25-12-7-20(27-21)22(29)26-19-8-13-28(14-9-19)15-16-5-10-24-11-6-16/h1-7,10-12,19H,8-9,13-15H2,(H,26,29). The monoisotopic (exact) mass is 407 g/mol. The molecular weight excluding hydrogens is 386 g/mol. The fourth-order valence-electron chi connectivity index (χ4n) is 3.46. The summed E-state index contributed by atoms with van der Waals surface area (Å²) in [4.78, 5) is 27.8. The van der Waals surface area contributed by atoms with Crippen molar-refractivity contribution in [3.8, 4) is 11.4 Å². The third-order valence-electron chi connectivity index (χ3n) is 5.07. The maximum absolute atomic E-state index is 12.7. The number of benzene rings is 1. The number of halogens is 1. The topological polar surface area (TPSA) is 71.0 Å². The lowest BCUT2D eigenvalue weighted by Gasteiger charge is -2.32. The molecule has 1 amide bonds. The van der Waals surface area contributed by atoms with E-state index in [1.165, 1.54) is 5.56 Å². The van der Waals surface area contributed by atoms with E-state index in [-0.39, 0.29) is 11.9 Å². The summed E-state index contributed by atoms with van der Waals surface area (Å²) >= 11 is 5.93. The number of carbonyl (C=O) groups is 1. The van der Waals surface area contributed by atoms with Gasteiger partial charge in [-0.05, 0) is 60.9 Å². The van der Waals surface area contributed by atoms with Gasteiger partial charge in [-0.3, -0.25) is 14.7 Å². The van der Waals surface area contributed by atoms with Crippen LogP contribution in [0.15, 0.2) is 61.1 Å². The highest BCUT2D eigenvalue weighted by Gasteiger charge is 2.22. The Morgan fingerprint density at radius 3 is 2.48 bits per heavy atom. The molecule has 0 spiro atoms. The first-order valence-corrected chi connectivity index (χ1v) is 10.1. The normalized spacial score (nSPS) is 15.2. The quantitative estimate of drug-likeness (QED) is 0.699. The summed E-state index contributed by atoms with van der Waals surface area (Å²) in [6.45, 7) is 2.82. The zero-order valence-electron chi connectivity index (χ0n) is 16.0. The van der Waals surface area contributed by atoms with Crippen LogP contribution in [0, 0.1) is 0 Å². The third-order valence-corrected chi connectivity index (χ3v) is 5.32. The maximum Gasteiger partial charge on any atom is 0.270 e. The van der Waals surface area contributed by atoms with Gasteiger partial charge >= 0.3 is 0 Å². The number of aromatic nitrogens is 3. The number of rotatable bonds is 5. The molecule has 1 aromatic carbocycles. The van der Waals surface area contributed by atoms with E-state index in [1.807, 2.05) is 36.7 Å². The molecule has 0 aliphatic carbocycles. The van der Waals surface area contributed by atoms with Crippen LogP contribution in [-0.4, -0.2) is 44.9 Å². The molecule has 6 nitrogen and oxygen atoms in total. The summed E-state index contributed by atoms with van der Waals surface area (Å²) in [5, 5.41) is 3.77. The number of hydrogen-bond acceptors (Lipinski definition) is 5. The second-order valence-corrected chi connectivity index (χ2v) is 7.59. The third kappa shape index (κ3) is 5.16. The molecule has 3 heterocycles. The fraction of sp³-hybridized carbons (Fsp3) is 0.273. The number of nitrogens with zero attached hydrogens (tertiary/aromatic N) is 4. The lowest BCUT2D eigenvalue weighted by atomic mass is 10.0. The van der Waals surface area contributed by atoms with Gasteiger partial charge in [-0.25, -0.2) is 9.97 Å². The summed E-state index contributed by atoms with van der Waals surface area (Å²) in [6, 6.07) is 13.1. The Labute approximate surface area is 175 Å². The molecule has 0 saturated carbocycles. The van der Waals surface area contributed by atoms with Crippen LogP contribution in [0.2, 0.25) is 5.02 Å². The minimum atomic E-state index is -0.157. The van der Waals surface area contributed by atoms with E-state index in [4.69, 9.17) is 11.6 Å². The molecular formula is C22H22ClN5O. The Bertz CT molecular complexity index is 956. The predicted octanol–water partition coefficient (Wildman–Crippen LogP) is 3.59. The summed E-state index contributed by atoms with van der Waals surface area (Å²) in [5.74, 6) is 0.358. The van der Waals surface area contributed by atoms with E-state index in [0.29, 0.717) is 16.5 Å². The average Bonchev–Trinajstić information content (AvgIpc) is 2.76. The molecule has 0 radical (unpaired) electrons. The first-order chi connectivity index (χ1) is 14.2. The number of piperidine rings is 1. The smallest absolute Gasteiger partial charge is 0.270 e. The van der Waals surface area contributed by atoms with Crippen LogP contribution in [0.3, 0.4) is 0 Å². The van der Waals surface area contributed by atoms with Crippen LogP contribution in [0.5, 0.6) is 0 Å². The maximum atomic E-state index is 12.7. The van der Waals surface area contributed by atoms with Gasteiger partial charge in [0.2, 0.25) is 0 Å². The van der Waals surface area contributed by atoms with Crippen molar-refractivity contribution in [1.29, 1.82) is 0 Å². The molecule has 0 bridgehead atoms. The van der Waals surface area contributed by atoms with Gasteiger partial charge in [-0.15, -0.1) is 0 Å².